The van der Waals surface area contributed by atoms with E-state index < -0.39 is 10.0 Å². The highest BCUT2D eigenvalue weighted by Gasteiger charge is 2.27. The Labute approximate surface area is 110 Å². The van der Waals surface area contributed by atoms with Gasteiger partial charge in [-0.1, -0.05) is 11.6 Å². The predicted molar refractivity (Wildman–Crippen MR) is 68.0 cm³/mol. The van der Waals surface area contributed by atoms with E-state index in [0.29, 0.717) is 16.8 Å². The summed E-state index contributed by atoms with van der Waals surface area (Å²) in [5.74, 6) is -0.617. The van der Waals surface area contributed by atoms with Gasteiger partial charge in [-0.05, 0) is 18.9 Å². The van der Waals surface area contributed by atoms with Crippen LogP contribution in [0.2, 0.25) is 5.02 Å². The molecule has 0 aliphatic heterocycles. The van der Waals surface area contributed by atoms with E-state index in [0.717, 1.165) is 12.8 Å². The first-order chi connectivity index (χ1) is 8.37. The average Bonchev–Trinajstić information content (AvgIpc) is 3.00. The fourth-order valence-electron chi connectivity index (χ4n) is 1.68. The SMILES string of the molecule is NS(=O)(=O)CCNC(=O)c1cc(Cl)cn1C1CC1. The van der Waals surface area contributed by atoms with E-state index in [1.54, 1.807) is 12.3 Å². The zero-order valence-electron chi connectivity index (χ0n) is 9.60. The second kappa shape index (κ2) is 4.91. The Morgan fingerprint density at radius 3 is 2.78 bits per heavy atom. The first kappa shape index (κ1) is 13.4. The van der Waals surface area contributed by atoms with Crippen molar-refractivity contribution in [3.05, 3.63) is 23.0 Å². The van der Waals surface area contributed by atoms with Crippen molar-refractivity contribution < 1.29 is 13.2 Å². The predicted octanol–water partition coefficient (Wildman–Crippen LogP) is 0.495. The summed E-state index contributed by atoms with van der Waals surface area (Å²) in [6.45, 7) is -0.00880. The summed E-state index contributed by atoms with van der Waals surface area (Å²) in [4.78, 5) is 11.9. The minimum absolute atomic E-state index is 0.00880. The van der Waals surface area contributed by atoms with Crippen molar-refractivity contribution in [2.75, 3.05) is 12.3 Å². The monoisotopic (exact) mass is 291 g/mol. The molecule has 100 valence electrons. The van der Waals surface area contributed by atoms with Crippen LogP contribution in [0, 0.1) is 0 Å². The van der Waals surface area contributed by atoms with Crippen LogP contribution in [0.25, 0.3) is 0 Å². The highest BCUT2D eigenvalue weighted by atomic mass is 35.5. The second-order valence-electron chi connectivity index (χ2n) is 4.30. The summed E-state index contributed by atoms with van der Waals surface area (Å²) in [5.41, 5.74) is 0.455. The van der Waals surface area contributed by atoms with Crippen LogP contribution in [0.4, 0.5) is 0 Å². The van der Waals surface area contributed by atoms with Crippen LogP contribution in [-0.2, 0) is 10.0 Å². The van der Waals surface area contributed by atoms with Crippen LogP contribution in [-0.4, -0.2) is 31.2 Å². The fourth-order valence-corrected chi connectivity index (χ4v) is 2.27. The third-order valence-electron chi connectivity index (χ3n) is 2.66. The third-order valence-corrected chi connectivity index (χ3v) is 3.64. The van der Waals surface area contributed by atoms with E-state index in [9.17, 15) is 13.2 Å². The molecule has 3 N–H and O–H groups in total. The van der Waals surface area contributed by atoms with Gasteiger partial charge in [-0.3, -0.25) is 4.79 Å². The van der Waals surface area contributed by atoms with Gasteiger partial charge in [0.25, 0.3) is 5.91 Å². The highest BCUT2D eigenvalue weighted by Crippen LogP contribution is 2.37. The molecule has 1 aliphatic carbocycles. The summed E-state index contributed by atoms with van der Waals surface area (Å²) in [7, 11) is -3.56. The van der Waals surface area contributed by atoms with Crippen molar-refractivity contribution in [3.63, 3.8) is 0 Å². The van der Waals surface area contributed by atoms with Crippen LogP contribution in [0.15, 0.2) is 12.3 Å². The second-order valence-corrected chi connectivity index (χ2v) is 6.48. The standard InChI is InChI=1S/C10H14ClN3O3S/c11-7-5-9(14(6-7)8-1-2-8)10(15)13-3-4-18(12,16)17/h5-6,8H,1-4H2,(H,13,15)(H2,12,16,17). The fraction of sp³-hybridized carbons (Fsp3) is 0.500. The topological polar surface area (TPSA) is 94.2 Å². The maximum absolute atomic E-state index is 11.9. The maximum Gasteiger partial charge on any atom is 0.268 e. The largest absolute Gasteiger partial charge is 0.350 e. The molecule has 0 spiro atoms. The van der Waals surface area contributed by atoms with Crippen molar-refractivity contribution in [3.8, 4) is 0 Å². The van der Waals surface area contributed by atoms with Crippen LogP contribution < -0.4 is 10.5 Å². The van der Waals surface area contributed by atoms with E-state index in [-0.39, 0.29) is 18.2 Å². The summed E-state index contributed by atoms with van der Waals surface area (Å²) in [6, 6.07) is 1.91. The molecular formula is C10H14ClN3O3S. The Bertz CT molecular complexity index is 563. The quantitative estimate of drug-likeness (QED) is 0.827. The lowest BCUT2D eigenvalue weighted by atomic mass is 10.4. The van der Waals surface area contributed by atoms with Crippen molar-refractivity contribution in [2.45, 2.75) is 18.9 Å². The number of nitrogens with one attached hydrogen (secondary N) is 1. The van der Waals surface area contributed by atoms with Gasteiger partial charge in [0.05, 0.1) is 10.8 Å². The molecule has 0 bridgehead atoms. The number of carbonyl (C=O) groups is 1. The molecule has 8 heteroatoms. The minimum atomic E-state index is -3.56. The molecule has 1 aromatic heterocycles. The molecule has 1 amide bonds. The molecule has 0 aromatic carbocycles. The van der Waals surface area contributed by atoms with E-state index >= 15 is 0 Å². The third kappa shape index (κ3) is 3.47. The molecule has 1 aromatic rings. The van der Waals surface area contributed by atoms with E-state index in [1.165, 1.54) is 0 Å². The van der Waals surface area contributed by atoms with Gasteiger partial charge in [-0.25, -0.2) is 13.6 Å². The number of primary sulfonamides is 1. The molecule has 1 heterocycles. The molecule has 1 saturated carbocycles. The molecule has 6 nitrogen and oxygen atoms in total. The van der Waals surface area contributed by atoms with Gasteiger partial charge in [0.1, 0.15) is 5.69 Å². The zero-order chi connectivity index (χ0) is 13.3. The zero-order valence-corrected chi connectivity index (χ0v) is 11.2. The first-order valence-corrected chi connectivity index (χ1v) is 7.62. The number of rotatable bonds is 5. The van der Waals surface area contributed by atoms with Gasteiger partial charge in [-0.2, -0.15) is 0 Å². The Balaban J connectivity index is 2.00. The van der Waals surface area contributed by atoms with E-state index in [4.69, 9.17) is 16.7 Å². The smallest absolute Gasteiger partial charge is 0.268 e. The van der Waals surface area contributed by atoms with Gasteiger partial charge < -0.3 is 9.88 Å². The van der Waals surface area contributed by atoms with Gasteiger partial charge in [0.2, 0.25) is 10.0 Å². The van der Waals surface area contributed by atoms with Crippen LogP contribution >= 0.6 is 11.6 Å². The van der Waals surface area contributed by atoms with Crippen molar-refractivity contribution in [1.82, 2.24) is 9.88 Å². The Morgan fingerprint density at radius 1 is 1.56 bits per heavy atom. The van der Waals surface area contributed by atoms with Crippen LogP contribution in [0.1, 0.15) is 29.4 Å². The molecular weight excluding hydrogens is 278 g/mol. The summed E-state index contributed by atoms with van der Waals surface area (Å²) in [6.07, 6.45) is 3.78. The summed E-state index contributed by atoms with van der Waals surface area (Å²) >= 11 is 5.87. The molecule has 0 atom stereocenters. The number of sulfonamides is 1. The molecule has 1 fully saturated rings. The van der Waals surface area contributed by atoms with Crippen molar-refractivity contribution in [2.24, 2.45) is 5.14 Å². The lowest BCUT2D eigenvalue weighted by Crippen LogP contribution is -2.32. The molecule has 18 heavy (non-hydrogen) atoms. The van der Waals surface area contributed by atoms with Crippen molar-refractivity contribution >= 4 is 27.5 Å². The first-order valence-electron chi connectivity index (χ1n) is 5.53. The number of carbonyl (C=O) groups excluding carboxylic acids is 1. The van der Waals surface area contributed by atoms with Crippen molar-refractivity contribution in [1.29, 1.82) is 0 Å². The van der Waals surface area contributed by atoms with Crippen LogP contribution in [0.5, 0.6) is 0 Å². The summed E-state index contributed by atoms with van der Waals surface area (Å²) < 4.78 is 23.3. The molecule has 1 aliphatic rings. The Hall–Kier alpha value is -1.05. The van der Waals surface area contributed by atoms with Crippen LogP contribution in [0.3, 0.4) is 0 Å². The number of hydrogen-bond donors (Lipinski definition) is 2. The van der Waals surface area contributed by atoms with Gasteiger partial charge in [-0.15, -0.1) is 0 Å². The lowest BCUT2D eigenvalue weighted by molar-refractivity contribution is 0.0946. The average molecular weight is 292 g/mol. The Morgan fingerprint density at radius 2 is 2.22 bits per heavy atom. The highest BCUT2D eigenvalue weighted by molar-refractivity contribution is 7.89. The molecule has 2 rings (SSSR count). The van der Waals surface area contributed by atoms with Gasteiger partial charge in [0.15, 0.2) is 0 Å². The number of hydrogen-bond acceptors (Lipinski definition) is 3. The molecule has 0 radical (unpaired) electrons. The molecule has 0 unspecified atom stereocenters. The number of halogens is 1. The van der Waals surface area contributed by atoms with E-state index in [1.807, 2.05) is 4.57 Å². The summed E-state index contributed by atoms with van der Waals surface area (Å²) in [5, 5.41) is 7.86. The minimum Gasteiger partial charge on any atom is -0.350 e. The number of nitrogens with two attached hydrogens (primary N) is 1. The maximum atomic E-state index is 11.9. The number of nitrogens with zero attached hydrogens (tertiary/aromatic N) is 1. The van der Waals surface area contributed by atoms with Gasteiger partial charge in [0, 0.05) is 18.8 Å². The normalized spacial score (nSPS) is 15.7. The number of aromatic nitrogens is 1. The molecule has 0 saturated heterocycles. The van der Waals surface area contributed by atoms with E-state index in [2.05, 4.69) is 5.32 Å². The van der Waals surface area contributed by atoms with Gasteiger partial charge >= 0.3 is 0 Å². The number of amides is 1. The lowest BCUT2D eigenvalue weighted by Gasteiger charge is -2.07. The Kier molecular flexibility index (Phi) is 3.65.